The van der Waals surface area contributed by atoms with Gasteiger partial charge in [-0.1, -0.05) is 18.8 Å². The lowest BCUT2D eigenvalue weighted by molar-refractivity contribution is 0.586. The molecule has 0 saturated heterocycles. The van der Waals surface area contributed by atoms with Gasteiger partial charge in [0.1, 0.15) is 11.9 Å². The maximum absolute atomic E-state index is 13.7. The van der Waals surface area contributed by atoms with E-state index in [0.717, 1.165) is 18.5 Å². The summed E-state index contributed by atoms with van der Waals surface area (Å²) in [6.45, 7) is 3.40. The maximum Gasteiger partial charge on any atom is 0.127 e. The van der Waals surface area contributed by atoms with E-state index in [2.05, 4.69) is 29.1 Å². The first kappa shape index (κ1) is 15.7. The Morgan fingerprint density at radius 1 is 1.14 bits per heavy atom. The Morgan fingerprint density at radius 2 is 1.91 bits per heavy atom. The van der Waals surface area contributed by atoms with Crippen LogP contribution in [0.4, 0.5) is 4.39 Å². The Balaban J connectivity index is 2.18. The molecule has 0 bridgehead atoms. The van der Waals surface area contributed by atoms with Gasteiger partial charge in [0.05, 0.1) is 5.56 Å². The molecule has 0 unspecified atom stereocenters. The Kier molecular flexibility index (Phi) is 5.65. The lowest BCUT2D eigenvalue weighted by atomic mass is 10.1. The van der Waals surface area contributed by atoms with Gasteiger partial charge < -0.3 is 5.32 Å². The van der Waals surface area contributed by atoms with Crippen LogP contribution in [0.2, 0.25) is 0 Å². The van der Waals surface area contributed by atoms with E-state index in [-0.39, 0.29) is 5.82 Å². The van der Waals surface area contributed by atoms with Crippen LogP contribution in [0.3, 0.4) is 0 Å². The molecule has 2 rings (SSSR count). The van der Waals surface area contributed by atoms with Gasteiger partial charge in [0.15, 0.2) is 0 Å². The van der Waals surface area contributed by atoms with Gasteiger partial charge in [0.25, 0.3) is 0 Å². The zero-order valence-corrected chi connectivity index (χ0v) is 12.4. The Labute approximate surface area is 129 Å². The predicted octanol–water partition coefficient (Wildman–Crippen LogP) is 2.99. The molecule has 3 nitrogen and oxygen atoms in total. The summed E-state index contributed by atoms with van der Waals surface area (Å²) in [4.78, 5) is 3.95. The van der Waals surface area contributed by atoms with Crippen LogP contribution in [0.5, 0.6) is 0 Å². The molecule has 0 spiro atoms. The minimum Gasteiger partial charge on any atom is -0.313 e. The number of benzene rings is 1. The van der Waals surface area contributed by atoms with E-state index in [1.165, 1.54) is 12.3 Å². The summed E-state index contributed by atoms with van der Waals surface area (Å²) in [5, 5.41) is 12.0. The quantitative estimate of drug-likeness (QED) is 0.696. The van der Waals surface area contributed by atoms with Gasteiger partial charge >= 0.3 is 0 Å². The number of nitrogens with one attached hydrogen (secondary N) is 1. The molecule has 1 aromatic carbocycles. The number of pyridine rings is 1. The second-order valence-electron chi connectivity index (χ2n) is 4.81. The van der Waals surface area contributed by atoms with Crippen molar-refractivity contribution in [3.8, 4) is 17.9 Å². The SMILES string of the molecule is CCCNCc1cc(C#Cc2cncc(C#N)c2)ccc1F. The van der Waals surface area contributed by atoms with Crippen LogP contribution in [0.15, 0.2) is 36.7 Å². The van der Waals surface area contributed by atoms with Gasteiger partial charge in [-0.15, -0.1) is 0 Å². The molecule has 2 aromatic rings. The molecule has 22 heavy (non-hydrogen) atoms. The van der Waals surface area contributed by atoms with E-state index in [9.17, 15) is 4.39 Å². The van der Waals surface area contributed by atoms with Crippen LogP contribution in [-0.2, 0) is 6.54 Å². The van der Waals surface area contributed by atoms with Crippen LogP contribution in [0.1, 0.15) is 35.6 Å². The molecular formula is C18H16FN3. The van der Waals surface area contributed by atoms with Crippen molar-refractivity contribution in [1.29, 1.82) is 5.26 Å². The Morgan fingerprint density at radius 3 is 2.68 bits per heavy atom. The fourth-order valence-electron chi connectivity index (χ4n) is 1.90. The first-order chi connectivity index (χ1) is 10.7. The maximum atomic E-state index is 13.7. The van der Waals surface area contributed by atoms with Crippen molar-refractivity contribution in [1.82, 2.24) is 10.3 Å². The highest BCUT2D eigenvalue weighted by Gasteiger charge is 2.02. The number of hydrogen-bond donors (Lipinski definition) is 1. The molecule has 0 aliphatic heterocycles. The summed E-state index contributed by atoms with van der Waals surface area (Å²) in [5.74, 6) is 5.69. The van der Waals surface area contributed by atoms with Crippen molar-refractivity contribution in [3.05, 3.63) is 64.7 Å². The van der Waals surface area contributed by atoms with E-state index >= 15 is 0 Å². The normalized spacial score (nSPS) is 9.68. The van der Waals surface area contributed by atoms with Crippen LogP contribution in [-0.4, -0.2) is 11.5 Å². The summed E-state index contributed by atoms with van der Waals surface area (Å²) in [5.41, 5.74) is 2.46. The first-order valence-corrected chi connectivity index (χ1v) is 7.09. The summed E-state index contributed by atoms with van der Waals surface area (Å²) in [6.07, 6.45) is 4.09. The average Bonchev–Trinajstić information content (AvgIpc) is 2.55. The minimum atomic E-state index is -0.234. The number of halogens is 1. The smallest absolute Gasteiger partial charge is 0.127 e. The molecule has 110 valence electrons. The van der Waals surface area contributed by atoms with E-state index in [1.807, 2.05) is 6.07 Å². The van der Waals surface area contributed by atoms with Crippen LogP contribution < -0.4 is 5.32 Å². The van der Waals surface area contributed by atoms with Crippen molar-refractivity contribution < 1.29 is 4.39 Å². The summed E-state index contributed by atoms with van der Waals surface area (Å²) in [6, 6.07) is 8.51. The lowest BCUT2D eigenvalue weighted by Gasteiger charge is -2.05. The molecule has 1 aromatic heterocycles. The number of hydrogen-bond acceptors (Lipinski definition) is 3. The highest BCUT2D eigenvalue weighted by molar-refractivity contribution is 5.45. The molecule has 0 fully saturated rings. The molecule has 0 aliphatic carbocycles. The van der Waals surface area contributed by atoms with Gasteiger partial charge in [-0.25, -0.2) is 4.39 Å². The second kappa shape index (κ2) is 7.93. The molecule has 1 N–H and O–H groups in total. The molecule has 0 atom stereocenters. The van der Waals surface area contributed by atoms with E-state index < -0.39 is 0 Å². The molecule has 0 aliphatic rings. The molecule has 0 saturated carbocycles. The van der Waals surface area contributed by atoms with Gasteiger partial charge in [0.2, 0.25) is 0 Å². The first-order valence-electron chi connectivity index (χ1n) is 7.09. The zero-order chi connectivity index (χ0) is 15.8. The molecule has 0 amide bonds. The molecule has 1 heterocycles. The highest BCUT2D eigenvalue weighted by atomic mass is 19.1. The van der Waals surface area contributed by atoms with Crippen LogP contribution in [0, 0.1) is 29.0 Å². The van der Waals surface area contributed by atoms with Crippen molar-refractivity contribution in [2.75, 3.05) is 6.54 Å². The van der Waals surface area contributed by atoms with Crippen molar-refractivity contribution >= 4 is 0 Å². The number of aromatic nitrogens is 1. The molecular weight excluding hydrogens is 277 g/mol. The Hall–Kier alpha value is -2.69. The third-order valence-electron chi connectivity index (χ3n) is 3.01. The fourth-order valence-corrected chi connectivity index (χ4v) is 1.90. The van der Waals surface area contributed by atoms with Crippen LogP contribution >= 0.6 is 0 Å². The van der Waals surface area contributed by atoms with Crippen molar-refractivity contribution in [2.45, 2.75) is 19.9 Å². The standard InChI is InChI=1S/C18H16FN3/c1-2-7-21-13-17-9-14(5-6-18(17)19)3-4-15-8-16(10-20)12-22-11-15/h5-6,8-9,11-12,21H,2,7,13H2,1H3. The topological polar surface area (TPSA) is 48.7 Å². The van der Waals surface area contributed by atoms with E-state index in [4.69, 9.17) is 5.26 Å². The lowest BCUT2D eigenvalue weighted by Crippen LogP contribution is -2.14. The van der Waals surface area contributed by atoms with Crippen molar-refractivity contribution in [3.63, 3.8) is 0 Å². The fraction of sp³-hybridized carbons (Fsp3) is 0.222. The summed E-state index contributed by atoms with van der Waals surface area (Å²) >= 11 is 0. The van der Waals surface area contributed by atoms with Gasteiger partial charge in [-0.2, -0.15) is 5.26 Å². The molecule has 4 heteroatoms. The largest absolute Gasteiger partial charge is 0.313 e. The Bertz CT molecular complexity index is 751. The monoisotopic (exact) mass is 293 g/mol. The van der Waals surface area contributed by atoms with E-state index in [0.29, 0.717) is 23.2 Å². The summed E-state index contributed by atoms with van der Waals surface area (Å²) in [7, 11) is 0. The van der Waals surface area contributed by atoms with Crippen molar-refractivity contribution in [2.24, 2.45) is 0 Å². The molecule has 0 radical (unpaired) electrons. The van der Waals surface area contributed by atoms with Gasteiger partial charge in [-0.3, -0.25) is 4.98 Å². The number of nitrogens with zero attached hydrogens (tertiary/aromatic N) is 2. The zero-order valence-electron chi connectivity index (χ0n) is 12.4. The average molecular weight is 293 g/mol. The number of rotatable bonds is 4. The van der Waals surface area contributed by atoms with Gasteiger partial charge in [0, 0.05) is 35.6 Å². The predicted molar refractivity (Wildman–Crippen MR) is 83.3 cm³/mol. The second-order valence-corrected chi connectivity index (χ2v) is 4.81. The van der Waals surface area contributed by atoms with Gasteiger partial charge in [-0.05, 0) is 37.2 Å². The highest BCUT2D eigenvalue weighted by Crippen LogP contribution is 2.10. The third-order valence-corrected chi connectivity index (χ3v) is 3.01. The minimum absolute atomic E-state index is 0.234. The third kappa shape index (κ3) is 4.41. The number of nitriles is 1. The van der Waals surface area contributed by atoms with Crippen LogP contribution in [0.25, 0.3) is 0 Å². The summed E-state index contributed by atoms with van der Waals surface area (Å²) < 4.78 is 13.7. The van der Waals surface area contributed by atoms with E-state index in [1.54, 1.807) is 24.4 Å².